The summed E-state index contributed by atoms with van der Waals surface area (Å²) in [6.07, 6.45) is 1.78. The number of aromatic amines is 1. The van der Waals surface area contributed by atoms with Crippen molar-refractivity contribution in [3.05, 3.63) is 58.3 Å². The number of H-pyrrole nitrogens is 1. The predicted molar refractivity (Wildman–Crippen MR) is 163 cm³/mol. The lowest BCUT2D eigenvalue weighted by Gasteiger charge is -2.35. The fourth-order valence-corrected chi connectivity index (χ4v) is 7.55. The number of benzene rings is 2. The molecule has 0 spiro atoms. The van der Waals surface area contributed by atoms with Gasteiger partial charge in [0.15, 0.2) is 5.78 Å². The molecule has 9 nitrogen and oxygen atoms in total. The Labute approximate surface area is 243 Å². The van der Waals surface area contributed by atoms with Crippen molar-refractivity contribution in [2.45, 2.75) is 38.0 Å². The van der Waals surface area contributed by atoms with Crippen molar-refractivity contribution in [1.29, 1.82) is 0 Å². The molecule has 1 aliphatic carbocycles. The van der Waals surface area contributed by atoms with Gasteiger partial charge in [0.2, 0.25) is 10.0 Å². The summed E-state index contributed by atoms with van der Waals surface area (Å²) in [6, 6.07) is 9.23. The molecular formula is C31H41N5O4S. The van der Waals surface area contributed by atoms with E-state index in [-0.39, 0.29) is 10.7 Å². The van der Waals surface area contributed by atoms with Crippen LogP contribution in [0.5, 0.6) is 5.75 Å². The zero-order valence-corrected chi connectivity index (χ0v) is 25.8. The van der Waals surface area contributed by atoms with Crippen molar-refractivity contribution in [3.63, 3.8) is 0 Å². The van der Waals surface area contributed by atoms with Crippen molar-refractivity contribution < 1.29 is 17.9 Å². The third-order valence-corrected chi connectivity index (χ3v) is 10.5. The first-order chi connectivity index (χ1) is 19.5. The number of sulfonamides is 1. The fourth-order valence-electron chi connectivity index (χ4n) is 5.99. The van der Waals surface area contributed by atoms with E-state index in [0.29, 0.717) is 56.2 Å². The smallest absolute Gasteiger partial charge is 0.246 e. The Bertz CT molecular complexity index is 1600. The standard InChI is InChI=1S/C31H41N5O4S/c1-7-35(8-2)15-16-40-26-19-24-23(18-27(26)41(38,39)36-13-11-34(6)12-14-36)29(37)28-22-10-9-21(20-32-5)17-25(22)33-30(28)31(24,3)4/h9-10,17-20,33H,7-8,11-16H2,1-6H3. The molecule has 5 rings (SSSR count). The Morgan fingerprint density at radius 2 is 1.80 bits per heavy atom. The van der Waals surface area contributed by atoms with Gasteiger partial charge in [-0.25, -0.2) is 8.42 Å². The SMILES string of the molecule is CCN(CC)CCOc1cc2c(cc1S(=O)(=O)N1CCN(C)CC1)C(=O)c1c([nH]c3cc(C=NC)ccc13)C2(C)C. The zero-order valence-electron chi connectivity index (χ0n) is 25.0. The number of ether oxygens (including phenoxy) is 1. The van der Waals surface area contributed by atoms with Crippen LogP contribution in [0.15, 0.2) is 40.2 Å². The van der Waals surface area contributed by atoms with Crippen molar-refractivity contribution in [3.8, 4) is 5.75 Å². The van der Waals surface area contributed by atoms with E-state index in [1.165, 1.54) is 4.31 Å². The maximum atomic E-state index is 14.2. The van der Waals surface area contributed by atoms with Crippen LogP contribution in [0.4, 0.5) is 0 Å². The largest absolute Gasteiger partial charge is 0.491 e. The first-order valence-corrected chi connectivity index (χ1v) is 15.8. The van der Waals surface area contributed by atoms with Gasteiger partial charge in [-0.05, 0) is 49.5 Å². The first-order valence-electron chi connectivity index (χ1n) is 14.4. The third kappa shape index (κ3) is 5.22. The molecule has 1 aromatic heterocycles. The Kier molecular flexibility index (Phi) is 8.13. The molecule has 0 bridgehead atoms. The number of nitrogens with zero attached hydrogens (tertiary/aromatic N) is 4. The number of likely N-dealkylation sites (N-methyl/N-ethyl adjacent to an activating group) is 2. The molecule has 2 heterocycles. The van der Waals surface area contributed by atoms with E-state index in [4.69, 9.17) is 4.74 Å². The van der Waals surface area contributed by atoms with Gasteiger partial charge in [-0.3, -0.25) is 9.79 Å². The summed E-state index contributed by atoms with van der Waals surface area (Å²) < 4.78 is 35.9. The molecule has 0 amide bonds. The van der Waals surface area contributed by atoms with Gasteiger partial charge in [0.1, 0.15) is 17.3 Å². The number of piperazine rings is 1. The third-order valence-electron chi connectivity index (χ3n) is 8.59. The number of rotatable bonds is 9. The van der Waals surface area contributed by atoms with Crippen LogP contribution in [-0.2, 0) is 15.4 Å². The molecule has 3 aromatic rings. The molecule has 220 valence electrons. The van der Waals surface area contributed by atoms with Gasteiger partial charge < -0.3 is 19.5 Å². The minimum Gasteiger partial charge on any atom is -0.491 e. The van der Waals surface area contributed by atoms with Gasteiger partial charge in [-0.15, -0.1) is 0 Å². The summed E-state index contributed by atoms with van der Waals surface area (Å²) in [6.45, 7) is 13.2. The molecule has 2 aromatic carbocycles. The highest BCUT2D eigenvalue weighted by Gasteiger charge is 2.42. The van der Waals surface area contributed by atoms with Crippen molar-refractivity contribution in [2.75, 3.05) is 66.5 Å². The van der Waals surface area contributed by atoms with Gasteiger partial charge in [0.05, 0.1) is 5.56 Å². The van der Waals surface area contributed by atoms with E-state index in [0.717, 1.165) is 40.8 Å². The quantitative estimate of drug-likeness (QED) is 0.388. The number of fused-ring (bicyclic) bond motifs is 4. The van der Waals surface area contributed by atoms with E-state index in [9.17, 15) is 13.2 Å². The summed E-state index contributed by atoms with van der Waals surface area (Å²) in [4.78, 5) is 26.2. The van der Waals surface area contributed by atoms with Crippen LogP contribution < -0.4 is 4.74 Å². The highest BCUT2D eigenvalue weighted by Crippen LogP contribution is 2.46. The van der Waals surface area contributed by atoms with Crippen LogP contribution in [0.1, 0.15) is 60.4 Å². The molecule has 1 fully saturated rings. The Morgan fingerprint density at radius 3 is 2.46 bits per heavy atom. The normalized spacial score (nSPS) is 17.9. The fraction of sp³-hybridized carbons (Fsp3) is 0.484. The highest BCUT2D eigenvalue weighted by molar-refractivity contribution is 7.89. The van der Waals surface area contributed by atoms with Crippen LogP contribution in [0, 0.1) is 0 Å². The summed E-state index contributed by atoms with van der Waals surface area (Å²) in [5.41, 5.74) is 3.77. The van der Waals surface area contributed by atoms with E-state index in [2.05, 4.69) is 47.5 Å². The van der Waals surface area contributed by atoms with Gasteiger partial charge in [-0.2, -0.15) is 4.31 Å². The number of carbonyl (C=O) groups excluding carboxylic acids is 1. The second kappa shape index (κ2) is 11.3. The predicted octanol–water partition coefficient (Wildman–Crippen LogP) is 3.74. The molecule has 0 radical (unpaired) electrons. The molecule has 0 atom stereocenters. The molecule has 1 N–H and O–H groups in total. The number of aromatic nitrogens is 1. The van der Waals surface area contributed by atoms with Gasteiger partial charge in [0.25, 0.3) is 0 Å². The lowest BCUT2D eigenvalue weighted by Crippen LogP contribution is -2.47. The first kappa shape index (κ1) is 29.4. The Morgan fingerprint density at radius 1 is 1.10 bits per heavy atom. The van der Waals surface area contributed by atoms with E-state index in [1.54, 1.807) is 25.4 Å². The lowest BCUT2D eigenvalue weighted by atomic mass is 9.71. The van der Waals surface area contributed by atoms with Crippen molar-refractivity contribution >= 4 is 32.9 Å². The van der Waals surface area contributed by atoms with Gasteiger partial charge in [0, 0.05) is 73.6 Å². The molecule has 41 heavy (non-hydrogen) atoms. The minimum absolute atomic E-state index is 0.0641. The van der Waals surface area contributed by atoms with E-state index >= 15 is 0 Å². The average molecular weight is 580 g/mol. The summed E-state index contributed by atoms with van der Waals surface area (Å²) in [5, 5.41) is 0.819. The average Bonchev–Trinajstić information content (AvgIpc) is 3.34. The number of hydrogen-bond donors (Lipinski definition) is 1. The van der Waals surface area contributed by atoms with E-state index in [1.807, 2.05) is 25.2 Å². The number of aliphatic imine (C=N–C) groups is 1. The second-order valence-corrected chi connectivity index (χ2v) is 13.4. The molecule has 2 aliphatic rings. The molecule has 1 saturated heterocycles. The Hall–Kier alpha value is -3.05. The van der Waals surface area contributed by atoms with Crippen LogP contribution in [0.2, 0.25) is 0 Å². The van der Waals surface area contributed by atoms with Crippen LogP contribution in [0.3, 0.4) is 0 Å². The molecule has 0 saturated carbocycles. The number of ketones is 1. The van der Waals surface area contributed by atoms with Gasteiger partial charge in [-0.1, -0.05) is 39.8 Å². The maximum absolute atomic E-state index is 14.2. The molecular weight excluding hydrogens is 538 g/mol. The molecule has 0 unspecified atom stereocenters. The maximum Gasteiger partial charge on any atom is 0.246 e. The topological polar surface area (TPSA) is 98.3 Å². The molecule has 10 heteroatoms. The van der Waals surface area contributed by atoms with Crippen molar-refractivity contribution in [2.24, 2.45) is 4.99 Å². The number of carbonyl (C=O) groups is 1. The lowest BCUT2D eigenvalue weighted by molar-refractivity contribution is 0.103. The van der Waals surface area contributed by atoms with Crippen LogP contribution in [-0.4, -0.2) is 106 Å². The number of nitrogens with one attached hydrogen (secondary N) is 1. The monoisotopic (exact) mass is 579 g/mol. The number of hydrogen-bond acceptors (Lipinski definition) is 7. The molecule has 1 aliphatic heterocycles. The Balaban J connectivity index is 1.64. The van der Waals surface area contributed by atoms with Crippen molar-refractivity contribution in [1.82, 2.24) is 19.1 Å². The minimum atomic E-state index is -3.90. The highest BCUT2D eigenvalue weighted by atomic mass is 32.2. The second-order valence-electron chi connectivity index (χ2n) is 11.4. The summed E-state index contributed by atoms with van der Waals surface area (Å²) >= 11 is 0. The van der Waals surface area contributed by atoms with E-state index < -0.39 is 15.4 Å². The van der Waals surface area contributed by atoms with Gasteiger partial charge >= 0.3 is 0 Å². The summed E-state index contributed by atoms with van der Waals surface area (Å²) in [7, 11) is -0.184. The van der Waals surface area contributed by atoms with Crippen LogP contribution in [0.25, 0.3) is 10.9 Å². The van der Waals surface area contributed by atoms with Crippen LogP contribution >= 0.6 is 0 Å². The zero-order chi connectivity index (χ0) is 29.5. The summed E-state index contributed by atoms with van der Waals surface area (Å²) in [5.74, 6) is 0.124.